The number of carbonyl (C=O) groups excluding carboxylic acids is 2. The van der Waals surface area contributed by atoms with E-state index >= 15 is 0 Å². The maximum Gasteiger partial charge on any atom is 0.266 e. The van der Waals surface area contributed by atoms with Crippen molar-refractivity contribution < 1.29 is 23.8 Å². The zero-order chi connectivity index (χ0) is 26.0. The van der Waals surface area contributed by atoms with Gasteiger partial charge in [-0.1, -0.05) is 0 Å². The fraction of sp³-hybridized carbons (Fsp3) is 0.440. The quantitative estimate of drug-likeness (QED) is 0.514. The van der Waals surface area contributed by atoms with Gasteiger partial charge in [0.15, 0.2) is 11.5 Å². The van der Waals surface area contributed by atoms with Crippen molar-refractivity contribution in [3.8, 4) is 17.2 Å². The summed E-state index contributed by atoms with van der Waals surface area (Å²) in [7, 11) is 4.48. The number of fused-ring (bicyclic) bond motifs is 1. The number of hydrogen-bond donors (Lipinski definition) is 1. The second-order valence-corrected chi connectivity index (χ2v) is 9.71. The van der Waals surface area contributed by atoms with Gasteiger partial charge in [0, 0.05) is 30.4 Å². The van der Waals surface area contributed by atoms with E-state index in [9.17, 15) is 14.4 Å². The van der Waals surface area contributed by atoms with Crippen molar-refractivity contribution in [1.82, 2.24) is 14.5 Å². The molecule has 1 aliphatic heterocycles. The van der Waals surface area contributed by atoms with E-state index in [1.807, 2.05) is 11.8 Å². The van der Waals surface area contributed by atoms with E-state index in [-0.39, 0.29) is 24.1 Å². The monoisotopic (exact) mass is 514 g/mol. The van der Waals surface area contributed by atoms with Crippen molar-refractivity contribution >= 4 is 39.1 Å². The minimum Gasteiger partial charge on any atom is -0.493 e. The van der Waals surface area contributed by atoms with Crippen molar-refractivity contribution in [3.05, 3.63) is 39.3 Å². The van der Waals surface area contributed by atoms with Gasteiger partial charge in [0.05, 0.1) is 37.9 Å². The number of methoxy groups -OCH3 is 3. The van der Waals surface area contributed by atoms with Crippen LogP contribution in [0.25, 0.3) is 10.2 Å². The summed E-state index contributed by atoms with van der Waals surface area (Å²) in [5.41, 5.74) is 0.627. The van der Waals surface area contributed by atoms with Gasteiger partial charge >= 0.3 is 0 Å². The number of anilines is 1. The van der Waals surface area contributed by atoms with Crippen molar-refractivity contribution in [1.29, 1.82) is 0 Å². The molecule has 11 heteroatoms. The third-order valence-electron chi connectivity index (χ3n) is 6.48. The molecule has 0 aliphatic carbocycles. The third kappa shape index (κ3) is 4.75. The predicted molar refractivity (Wildman–Crippen MR) is 138 cm³/mol. The first-order valence-electron chi connectivity index (χ1n) is 11.7. The van der Waals surface area contributed by atoms with Gasteiger partial charge in [0.1, 0.15) is 11.4 Å². The lowest BCUT2D eigenvalue weighted by Gasteiger charge is -2.33. The summed E-state index contributed by atoms with van der Waals surface area (Å²) < 4.78 is 17.4. The molecule has 192 valence electrons. The van der Waals surface area contributed by atoms with Crippen molar-refractivity contribution in [3.63, 3.8) is 0 Å². The molecule has 1 fully saturated rings. The molecular weight excluding hydrogens is 484 g/mol. The number of ether oxygens (including phenoxy) is 3. The molecule has 1 aliphatic rings. The molecule has 3 aromatic rings. The molecular formula is C25H30N4O6S. The van der Waals surface area contributed by atoms with Gasteiger partial charge < -0.3 is 24.4 Å². The van der Waals surface area contributed by atoms with Crippen molar-refractivity contribution in [2.75, 3.05) is 33.2 Å². The third-order valence-corrected chi connectivity index (χ3v) is 7.67. The van der Waals surface area contributed by atoms with Crippen molar-refractivity contribution in [2.45, 2.75) is 45.7 Å². The Kier molecular flexibility index (Phi) is 7.48. The van der Waals surface area contributed by atoms with E-state index in [0.29, 0.717) is 50.1 Å². The molecule has 1 aromatic carbocycles. The Bertz CT molecular complexity index is 1340. The first-order chi connectivity index (χ1) is 17.3. The summed E-state index contributed by atoms with van der Waals surface area (Å²) in [4.78, 5) is 46.3. The van der Waals surface area contributed by atoms with E-state index in [0.717, 1.165) is 30.6 Å². The maximum atomic E-state index is 13.3. The number of nitrogens with zero attached hydrogens (tertiary/aromatic N) is 3. The molecule has 36 heavy (non-hydrogen) atoms. The van der Waals surface area contributed by atoms with Crippen LogP contribution in [0.5, 0.6) is 17.2 Å². The molecule has 4 rings (SSSR count). The average molecular weight is 515 g/mol. The van der Waals surface area contributed by atoms with Gasteiger partial charge in [-0.2, -0.15) is 0 Å². The molecule has 0 radical (unpaired) electrons. The summed E-state index contributed by atoms with van der Waals surface area (Å²) in [6, 6.07) is 3.41. The zero-order valence-corrected chi connectivity index (χ0v) is 21.9. The molecule has 0 unspecified atom stereocenters. The molecule has 10 nitrogen and oxygen atoms in total. The lowest BCUT2D eigenvalue weighted by atomic mass is 10.0. The Morgan fingerprint density at radius 2 is 1.83 bits per heavy atom. The number of carbonyl (C=O) groups is 2. The number of piperidine rings is 1. The van der Waals surface area contributed by atoms with Crippen LogP contribution < -0.4 is 25.1 Å². The number of likely N-dealkylation sites (tertiary alicyclic amines) is 1. The van der Waals surface area contributed by atoms with E-state index in [1.54, 1.807) is 19.1 Å². The average Bonchev–Trinajstić information content (AvgIpc) is 3.22. The molecule has 0 spiro atoms. The van der Waals surface area contributed by atoms with Gasteiger partial charge in [-0.25, -0.2) is 4.98 Å². The van der Waals surface area contributed by atoms with Crippen LogP contribution in [0.4, 0.5) is 5.69 Å². The van der Waals surface area contributed by atoms with Crippen LogP contribution in [0.2, 0.25) is 0 Å². The van der Waals surface area contributed by atoms with Crippen LogP contribution in [0, 0.1) is 6.92 Å². The van der Waals surface area contributed by atoms with Gasteiger partial charge in [-0.3, -0.25) is 19.0 Å². The molecule has 0 saturated carbocycles. The smallest absolute Gasteiger partial charge is 0.266 e. The minimum absolute atomic E-state index is 0.0750. The summed E-state index contributed by atoms with van der Waals surface area (Å²) in [6.07, 6.45) is 4.42. The standard InChI is InChI=1S/C25H30N4O6S/c1-14-8-6-7-9-29(14)19(30)12-28-13-26-24-20(25(28)32)15(2)22(36-24)23(31)27-16-10-17(33-3)21(35-5)18(11-16)34-4/h10-11,13-14H,6-9,12H2,1-5H3,(H,27,31)/t14-/m0/s1. The van der Waals surface area contributed by atoms with Gasteiger partial charge in [0.25, 0.3) is 11.5 Å². The Morgan fingerprint density at radius 3 is 2.44 bits per heavy atom. The van der Waals surface area contributed by atoms with Crippen LogP contribution in [-0.4, -0.2) is 60.2 Å². The first kappa shape index (κ1) is 25.5. The first-order valence-corrected chi connectivity index (χ1v) is 12.5. The van der Waals surface area contributed by atoms with E-state index in [4.69, 9.17) is 14.2 Å². The van der Waals surface area contributed by atoms with Crippen LogP contribution >= 0.6 is 11.3 Å². The lowest BCUT2D eigenvalue weighted by molar-refractivity contribution is -0.135. The number of amides is 2. The highest BCUT2D eigenvalue weighted by Crippen LogP contribution is 2.40. The van der Waals surface area contributed by atoms with Gasteiger partial charge in [-0.05, 0) is 38.7 Å². The number of aryl methyl sites for hydroxylation is 1. The predicted octanol–water partition coefficient (Wildman–Crippen LogP) is 3.45. The van der Waals surface area contributed by atoms with E-state index < -0.39 is 5.91 Å². The SMILES string of the molecule is COc1cc(NC(=O)c2sc3ncn(CC(=O)N4CCCC[C@@H]4C)c(=O)c3c2C)cc(OC)c1OC. The highest BCUT2D eigenvalue weighted by atomic mass is 32.1. The van der Waals surface area contributed by atoms with Crippen molar-refractivity contribution in [2.24, 2.45) is 0 Å². The lowest BCUT2D eigenvalue weighted by Crippen LogP contribution is -2.44. The largest absolute Gasteiger partial charge is 0.493 e. The Hall–Kier alpha value is -3.60. The van der Waals surface area contributed by atoms with E-state index in [1.165, 1.54) is 32.2 Å². The van der Waals surface area contributed by atoms with Crippen LogP contribution in [0.1, 0.15) is 41.4 Å². The number of nitrogens with one attached hydrogen (secondary N) is 1. The fourth-order valence-electron chi connectivity index (χ4n) is 4.53. The molecule has 1 N–H and O–H groups in total. The minimum atomic E-state index is -0.394. The second kappa shape index (κ2) is 10.6. The second-order valence-electron chi connectivity index (χ2n) is 8.71. The van der Waals surface area contributed by atoms with E-state index in [2.05, 4.69) is 10.3 Å². The maximum absolute atomic E-state index is 13.3. The summed E-state index contributed by atoms with van der Waals surface area (Å²) in [5.74, 6) is 0.719. The number of hydrogen-bond acceptors (Lipinski definition) is 8. The molecule has 1 saturated heterocycles. The molecule has 1 atom stereocenters. The van der Waals surface area contributed by atoms with Gasteiger partial charge in [-0.15, -0.1) is 11.3 Å². The molecule has 3 heterocycles. The fourth-order valence-corrected chi connectivity index (χ4v) is 5.57. The van der Waals surface area contributed by atoms with Gasteiger partial charge in [0.2, 0.25) is 11.7 Å². The number of rotatable bonds is 7. The van der Waals surface area contributed by atoms with Crippen LogP contribution in [0.15, 0.2) is 23.3 Å². The highest BCUT2D eigenvalue weighted by Gasteiger charge is 2.25. The Morgan fingerprint density at radius 1 is 1.14 bits per heavy atom. The van der Waals surface area contributed by atoms with Crippen LogP contribution in [0.3, 0.4) is 0 Å². The number of aromatic nitrogens is 2. The number of benzene rings is 1. The van der Waals surface area contributed by atoms with Crippen LogP contribution in [-0.2, 0) is 11.3 Å². The highest BCUT2D eigenvalue weighted by molar-refractivity contribution is 7.20. The summed E-state index contributed by atoms with van der Waals surface area (Å²) in [5, 5.41) is 3.18. The molecule has 2 aromatic heterocycles. The normalized spacial score (nSPS) is 15.6. The zero-order valence-electron chi connectivity index (χ0n) is 21.0. The Balaban J connectivity index is 1.61. The summed E-state index contributed by atoms with van der Waals surface area (Å²) in [6.45, 7) is 4.37. The number of thiophene rings is 1. The molecule has 2 amide bonds. The topological polar surface area (TPSA) is 112 Å². The Labute approximate surface area is 212 Å². The summed E-state index contributed by atoms with van der Waals surface area (Å²) >= 11 is 1.13. The molecule has 0 bridgehead atoms.